The quantitative estimate of drug-likeness (QED) is 0.704. The molecule has 132 valence electrons. The van der Waals surface area contributed by atoms with Gasteiger partial charge in [-0.2, -0.15) is 0 Å². The molecule has 2 amide bonds. The van der Waals surface area contributed by atoms with E-state index < -0.39 is 18.0 Å². The lowest BCUT2D eigenvalue weighted by Gasteiger charge is -2.25. The Morgan fingerprint density at radius 3 is 2.19 bits per heavy atom. The first-order valence-corrected chi connectivity index (χ1v) is 8.51. The summed E-state index contributed by atoms with van der Waals surface area (Å²) in [5.74, 6) is -0.0199. The average molecular weight is 356 g/mol. The highest BCUT2D eigenvalue weighted by Gasteiger charge is 2.40. The minimum absolute atomic E-state index is 0.386. The van der Waals surface area contributed by atoms with Crippen LogP contribution in [0.1, 0.15) is 17.2 Å². The number of imide groups is 1. The maximum Gasteiger partial charge on any atom is 0.423 e. The predicted octanol–water partition coefficient (Wildman–Crippen LogP) is 4.25. The topological polar surface area (TPSA) is 59.5 Å². The van der Waals surface area contributed by atoms with E-state index in [9.17, 15) is 9.59 Å². The van der Waals surface area contributed by atoms with E-state index in [-0.39, 0.29) is 0 Å². The van der Waals surface area contributed by atoms with Crippen LogP contribution < -0.4 is 4.74 Å². The van der Waals surface area contributed by atoms with E-state index in [1.807, 2.05) is 36.4 Å². The van der Waals surface area contributed by atoms with Gasteiger partial charge in [-0.3, -0.25) is 9.78 Å². The second-order valence-electron chi connectivity index (χ2n) is 6.04. The molecule has 5 heteroatoms. The SMILES string of the molecule is O=C1C=C(c2ccccc2)C(c2ccncc2)N1C(=O)Oc1ccccc1. The highest BCUT2D eigenvalue weighted by Crippen LogP contribution is 2.40. The molecule has 1 aliphatic heterocycles. The summed E-state index contributed by atoms with van der Waals surface area (Å²) in [6.07, 6.45) is 4.06. The van der Waals surface area contributed by atoms with Crippen molar-refractivity contribution in [2.45, 2.75) is 6.04 Å². The zero-order valence-electron chi connectivity index (χ0n) is 14.4. The standard InChI is InChI=1S/C22H16N2O3/c25-20-15-19(16-7-3-1-4-8-16)21(17-11-13-23-14-12-17)24(20)22(26)27-18-9-5-2-6-10-18/h1-15,21H. The van der Waals surface area contributed by atoms with Gasteiger partial charge in [-0.05, 0) is 41.0 Å². The van der Waals surface area contributed by atoms with Crippen LogP contribution in [0.5, 0.6) is 5.75 Å². The van der Waals surface area contributed by atoms with Gasteiger partial charge < -0.3 is 4.74 Å². The Morgan fingerprint density at radius 2 is 1.52 bits per heavy atom. The molecule has 1 aromatic heterocycles. The second kappa shape index (κ2) is 7.25. The summed E-state index contributed by atoms with van der Waals surface area (Å²) >= 11 is 0. The van der Waals surface area contributed by atoms with Crippen LogP contribution >= 0.6 is 0 Å². The van der Waals surface area contributed by atoms with E-state index in [1.54, 1.807) is 48.8 Å². The molecule has 0 aliphatic carbocycles. The molecule has 2 heterocycles. The molecule has 0 bridgehead atoms. The molecule has 27 heavy (non-hydrogen) atoms. The molecule has 0 saturated heterocycles. The fourth-order valence-electron chi connectivity index (χ4n) is 3.13. The maximum atomic E-state index is 12.8. The number of para-hydroxylation sites is 1. The lowest BCUT2D eigenvalue weighted by atomic mass is 9.95. The number of nitrogens with zero attached hydrogens (tertiary/aromatic N) is 2. The Morgan fingerprint density at radius 1 is 0.889 bits per heavy atom. The van der Waals surface area contributed by atoms with E-state index in [2.05, 4.69) is 4.98 Å². The number of pyridine rings is 1. The van der Waals surface area contributed by atoms with Crippen molar-refractivity contribution in [2.75, 3.05) is 0 Å². The van der Waals surface area contributed by atoms with Crippen molar-refractivity contribution in [2.24, 2.45) is 0 Å². The Balaban J connectivity index is 1.72. The van der Waals surface area contributed by atoms with Gasteiger partial charge in [0.15, 0.2) is 0 Å². The number of aromatic nitrogens is 1. The molecule has 1 atom stereocenters. The monoisotopic (exact) mass is 356 g/mol. The van der Waals surface area contributed by atoms with Gasteiger partial charge in [0.05, 0.1) is 6.04 Å². The van der Waals surface area contributed by atoms with Crippen LogP contribution in [0.3, 0.4) is 0 Å². The Labute approximate surface area is 156 Å². The van der Waals surface area contributed by atoms with Gasteiger partial charge in [-0.1, -0.05) is 48.5 Å². The van der Waals surface area contributed by atoms with Crippen molar-refractivity contribution in [1.29, 1.82) is 0 Å². The molecule has 2 aromatic carbocycles. The molecule has 0 saturated carbocycles. The fraction of sp³-hybridized carbons (Fsp3) is 0.0455. The van der Waals surface area contributed by atoms with Crippen molar-refractivity contribution in [3.63, 3.8) is 0 Å². The summed E-state index contributed by atoms with van der Waals surface area (Å²) in [5, 5.41) is 0. The van der Waals surface area contributed by atoms with Gasteiger partial charge in [0, 0.05) is 18.5 Å². The van der Waals surface area contributed by atoms with Crippen molar-refractivity contribution in [3.8, 4) is 5.75 Å². The number of rotatable bonds is 3. The Bertz CT molecular complexity index is 986. The van der Waals surface area contributed by atoms with Crippen molar-refractivity contribution in [3.05, 3.63) is 102 Å². The number of hydrogen-bond donors (Lipinski definition) is 0. The maximum absolute atomic E-state index is 12.8. The van der Waals surface area contributed by atoms with Crippen LogP contribution in [-0.4, -0.2) is 21.9 Å². The molecule has 0 spiro atoms. The van der Waals surface area contributed by atoms with Crippen LogP contribution in [0.25, 0.3) is 5.57 Å². The largest absolute Gasteiger partial charge is 0.423 e. The summed E-state index contributed by atoms with van der Waals surface area (Å²) in [7, 11) is 0. The van der Waals surface area contributed by atoms with Crippen molar-refractivity contribution < 1.29 is 14.3 Å². The average Bonchev–Trinajstić information content (AvgIpc) is 3.07. The zero-order valence-corrected chi connectivity index (χ0v) is 14.4. The first-order valence-electron chi connectivity index (χ1n) is 8.51. The number of carbonyl (C=O) groups excluding carboxylic acids is 2. The first-order chi connectivity index (χ1) is 13.2. The molecule has 0 radical (unpaired) electrons. The minimum atomic E-state index is -0.713. The van der Waals surface area contributed by atoms with Crippen LogP contribution in [0.2, 0.25) is 0 Å². The summed E-state index contributed by atoms with van der Waals surface area (Å²) in [6.45, 7) is 0. The normalized spacial score (nSPS) is 16.1. The van der Waals surface area contributed by atoms with Crippen LogP contribution in [-0.2, 0) is 4.79 Å². The van der Waals surface area contributed by atoms with Crippen LogP contribution in [0, 0.1) is 0 Å². The van der Waals surface area contributed by atoms with Crippen molar-refractivity contribution in [1.82, 2.24) is 9.88 Å². The van der Waals surface area contributed by atoms with E-state index in [0.29, 0.717) is 5.75 Å². The number of hydrogen-bond acceptors (Lipinski definition) is 4. The first kappa shape index (κ1) is 16.7. The lowest BCUT2D eigenvalue weighted by Crippen LogP contribution is -2.37. The summed E-state index contributed by atoms with van der Waals surface area (Å²) in [6, 6.07) is 21.3. The molecule has 0 fully saturated rings. The number of amides is 2. The molecule has 1 unspecified atom stereocenters. The summed E-state index contributed by atoms with van der Waals surface area (Å²) in [5.41, 5.74) is 2.41. The van der Waals surface area contributed by atoms with Crippen molar-refractivity contribution >= 4 is 17.6 Å². The summed E-state index contributed by atoms with van der Waals surface area (Å²) in [4.78, 5) is 30.7. The van der Waals surface area contributed by atoms with E-state index in [0.717, 1.165) is 21.6 Å². The molecule has 5 nitrogen and oxygen atoms in total. The molecular formula is C22H16N2O3. The lowest BCUT2D eigenvalue weighted by molar-refractivity contribution is -0.123. The molecular weight excluding hydrogens is 340 g/mol. The number of carbonyl (C=O) groups is 2. The van der Waals surface area contributed by atoms with Gasteiger partial charge in [-0.25, -0.2) is 9.69 Å². The summed E-state index contributed by atoms with van der Waals surface area (Å²) < 4.78 is 5.42. The molecule has 0 N–H and O–H groups in total. The highest BCUT2D eigenvalue weighted by atomic mass is 16.6. The van der Waals surface area contributed by atoms with Gasteiger partial charge in [-0.15, -0.1) is 0 Å². The second-order valence-corrected chi connectivity index (χ2v) is 6.04. The molecule has 4 rings (SSSR count). The predicted molar refractivity (Wildman–Crippen MR) is 101 cm³/mol. The van der Waals surface area contributed by atoms with E-state index in [4.69, 9.17) is 4.74 Å². The Kier molecular flexibility index (Phi) is 4.49. The molecule has 1 aliphatic rings. The van der Waals surface area contributed by atoms with Crippen LogP contribution in [0.4, 0.5) is 4.79 Å². The molecule has 3 aromatic rings. The van der Waals surface area contributed by atoms with E-state index in [1.165, 1.54) is 6.08 Å². The van der Waals surface area contributed by atoms with Gasteiger partial charge in [0.1, 0.15) is 5.75 Å². The highest BCUT2D eigenvalue weighted by molar-refractivity contribution is 6.09. The smallest absolute Gasteiger partial charge is 0.410 e. The minimum Gasteiger partial charge on any atom is -0.410 e. The third-order valence-electron chi connectivity index (χ3n) is 4.34. The van der Waals surface area contributed by atoms with Gasteiger partial charge in [0.25, 0.3) is 5.91 Å². The van der Waals surface area contributed by atoms with Gasteiger partial charge in [0.2, 0.25) is 0 Å². The Hall–Kier alpha value is -3.73. The third kappa shape index (κ3) is 3.35. The third-order valence-corrected chi connectivity index (χ3v) is 4.34. The number of benzene rings is 2. The van der Waals surface area contributed by atoms with Gasteiger partial charge >= 0.3 is 6.09 Å². The van der Waals surface area contributed by atoms with E-state index >= 15 is 0 Å². The zero-order chi connectivity index (χ0) is 18.6. The fourth-order valence-corrected chi connectivity index (χ4v) is 3.13. The van der Waals surface area contributed by atoms with Crippen LogP contribution in [0.15, 0.2) is 91.3 Å². The number of ether oxygens (including phenoxy) is 1.